The fourth-order valence-corrected chi connectivity index (χ4v) is 4.79. The first-order valence-corrected chi connectivity index (χ1v) is 11.8. The zero-order valence-corrected chi connectivity index (χ0v) is 20.5. The number of carbonyl (C=O) groups excluding carboxylic acids is 2. The Morgan fingerprint density at radius 1 is 1.00 bits per heavy atom. The molecule has 1 aliphatic rings. The van der Waals surface area contributed by atoms with Crippen LogP contribution in [0, 0.1) is 6.92 Å². The summed E-state index contributed by atoms with van der Waals surface area (Å²) < 4.78 is 53.9. The molecular formula is C27H19F3N4O5. The minimum atomic E-state index is -4.64. The van der Waals surface area contributed by atoms with Gasteiger partial charge in [0.25, 0.3) is 5.91 Å². The van der Waals surface area contributed by atoms with Gasteiger partial charge >= 0.3 is 18.0 Å². The second-order valence-electron chi connectivity index (χ2n) is 9.49. The lowest BCUT2D eigenvalue weighted by molar-refractivity contribution is -0.137. The van der Waals surface area contributed by atoms with Gasteiger partial charge in [-0.1, -0.05) is 29.4 Å². The second-order valence-corrected chi connectivity index (χ2v) is 9.49. The number of halogens is 3. The zero-order chi connectivity index (χ0) is 27.7. The third kappa shape index (κ3) is 3.87. The van der Waals surface area contributed by atoms with Gasteiger partial charge in [0.2, 0.25) is 5.60 Å². The summed E-state index contributed by atoms with van der Waals surface area (Å²) in [5.41, 5.74) is -0.750. The Morgan fingerprint density at radius 2 is 1.79 bits per heavy atom. The number of carbonyl (C=O) groups is 2. The summed E-state index contributed by atoms with van der Waals surface area (Å²) in [6.45, 7) is 3.15. The van der Waals surface area contributed by atoms with Crippen LogP contribution in [-0.4, -0.2) is 26.3 Å². The molecule has 198 valence electrons. The molecule has 6 rings (SSSR count). The molecule has 0 spiro atoms. The number of rotatable bonds is 4. The molecule has 0 radical (unpaired) electrons. The molecule has 3 aromatic carbocycles. The molecule has 39 heavy (non-hydrogen) atoms. The Morgan fingerprint density at radius 3 is 2.51 bits per heavy atom. The molecule has 1 aliphatic heterocycles. The minimum Gasteiger partial charge on any atom is -0.428 e. The predicted octanol–water partition coefficient (Wildman–Crippen LogP) is 4.79. The quantitative estimate of drug-likeness (QED) is 0.354. The van der Waals surface area contributed by atoms with Gasteiger partial charge in [-0.25, -0.2) is 14.2 Å². The van der Waals surface area contributed by atoms with Crippen molar-refractivity contribution in [2.24, 2.45) is 0 Å². The first-order valence-electron chi connectivity index (χ1n) is 11.8. The Kier molecular flexibility index (Phi) is 5.22. The van der Waals surface area contributed by atoms with Crippen LogP contribution in [-0.2, 0) is 27.9 Å². The molecule has 2 aromatic heterocycles. The molecule has 12 heteroatoms. The van der Waals surface area contributed by atoms with Crippen LogP contribution in [0.4, 0.5) is 18.0 Å². The van der Waals surface area contributed by atoms with Gasteiger partial charge in [-0.3, -0.25) is 14.7 Å². The average molecular weight is 536 g/mol. The van der Waals surface area contributed by atoms with E-state index in [-0.39, 0.29) is 23.4 Å². The molecule has 0 saturated carbocycles. The van der Waals surface area contributed by atoms with Gasteiger partial charge in [0.05, 0.1) is 28.5 Å². The van der Waals surface area contributed by atoms with Crippen molar-refractivity contribution in [3.05, 3.63) is 93.4 Å². The fraction of sp³-hybridized carbons (Fsp3) is 0.185. The van der Waals surface area contributed by atoms with Crippen molar-refractivity contribution >= 4 is 34.0 Å². The maximum Gasteiger partial charge on any atom is 0.416 e. The van der Waals surface area contributed by atoms with E-state index in [1.165, 1.54) is 22.1 Å². The zero-order valence-electron chi connectivity index (χ0n) is 20.5. The van der Waals surface area contributed by atoms with Crippen LogP contribution in [0.15, 0.2) is 70.0 Å². The normalized spacial score (nSPS) is 17.7. The maximum absolute atomic E-state index is 13.8. The lowest BCUT2D eigenvalue weighted by atomic mass is 9.94. The van der Waals surface area contributed by atoms with Crippen molar-refractivity contribution < 1.29 is 32.0 Å². The number of amides is 2. The number of fused-ring (bicyclic) bond motifs is 2. The number of aryl methyl sites for hydroxylation is 1. The van der Waals surface area contributed by atoms with Crippen molar-refractivity contribution in [2.45, 2.75) is 32.2 Å². The molecule has 0 aliphatic carbocycles. The van der Waals surface area contributed by atoms with E-state index in [1.54, 1.807) is 36.4 Å². The fourth-order valence-electron chi connectivity index (χ4n) is 4.79. The number of alkyl carbamates (subject to hydrolysis) is 1. The van der Waals surface area contributed by atoms with Crippen LogP contribution >= 0.6 is 0 Å². The van der Waals surface area contributed by atoms with Gasteiger partial charge in [-0.15, -0.1) is 0 Å². The summed E-state index contributed by atoms with van der Waals surface area (Å²) >= 11 is 0. The summed E-state index contributed by atoms with van der Waals surface area (Å²) in [4.78, 5) is 37.8. The number of hydrogen-bond acceptors (Lipinski definition) is 6. The lowest BCUT2D eigenvalue weighted by Crippen LogP contribution is -2.33. The van der Waals surface area contributed by atoms with Crippen molar-refractivity contribution in [3.63, 3.8) is 0 Å². The molecule has 1 N–H and O–H groups in total. The van der Waals surface area contributed by atoms with Gasteiger partial charge < -0.3 is 9.26 Å². The van der Waals surface area contributed by atoms with Gasteiger partial charge in [-0.2, -0.15) is 13.2 Å². The van der Waals surface area contributed by atoms with E-state index in [9.17, 15) is 27.6 Å². The van der Waals surface area contributed by atoms with E-state index in [2.05, 4.69) is 10.5 Å². The smallest absolute Gasteiger partial charge is 0.416 e. The molecule has 1 fully saturated rings. The number of alkyl halides is 3. The summed E-state index contributed by atoms with van der Waals surface area (Å²) in [6, 6.07) is 14.7. The number of imidazole rings is 1. The Hall–Kier alpha value is -4.87. The molecule has 0 bridgehead atoms. The summed E-state index contributed by atoms with van der Waals surface area (Å²) in [5.74, 6) is -0.504. The van der Waals surface area contributed by atoms with Crippen LogP contribution in [0.5, 0.6) is 0 Å². The summed E-state index contributed by atoms with van der Waals surface area (Å²) in [6.07, 6.45) is -5.52. The topological polar surface area (TPSA) is 108 Å². The van der Waals surface area contributed by atoms with E-state index >= 15 is 0 Å². The van der Waals surface area contributed by atoms with Crippen LogP contribution < -0.4 is 11.0 Å². The summed E-state index contributed by atoms with van der Waals surface area (Å²) in [7, 11) is 0. The van der Waals surface area contributed by atoms with Crippen LogP contribution in [0.25, 0.3) is 27.8 Å². The summed E-state index contributed by atoms with van der Waals surface area (Å²) in [5, 5.41) is 6.66. The highest BCUT2D eigenvalue weighted by Gasteiger charge is 2.46. The first kappa shape index (κ1) is 24.5. The highest BCUT2D eigenvalue weighted by molar-refractivity contribution is 6.03. The number of benzene rings is 3. The predicted molar refractivity (Wildman–Crippen MR) is 132 cm³/mol. The molecule has 3 heterocycles. The molecule has 5 aromatic rings. The van der Waals surface area contributed by atoms with E-state index < -0.39 is 35.0 Å². The Balaban J connectivity index is 1.53. The van der Waals surface area contributed by atoms with Gasteiger partial charge in [0.1, 0.15) is 0 Å². The van der Waals surface area contributed by atoms with Crippen LogP contribution in [0.3, 0.4) is 0 Å². The minimum absolute atomic E-state index is 0.0275. The molecule has 9 nitrogen and oxygen atoms in total. The Bertz CT molecular complexity index is 1880. The Labute approximate surface area is 217 Å². The number of cyclic esters (lactones) is 1. The molecule has 1 saturated heterocycles. The number of nitrogens with one attached hydrogen (secondary N) is 1. The van der Waals surface area contributed by atoms with E-state index in [0.717, 1.165) is 17.7 Å². The number of ether oxygens (including phenoxy) is 1. The number of nitrogens with zero attached hydrogens (tertiary/aromatic N) is 3. The van der Waals surface area contributed by atoms with Crippen molar-refractivity contribution in [3.8, 4) is 5.82 Å². The van der Waals surface area contributed by atoms with Crippen molar-refractivity contribution in [1.82, 2.24) is 19.6 Å². The maximum atomic E-state index is 13.8. The molecule has 0 unspecified atom stereocenters. The van der Waals surface area contributed by atoms with Gasteiger partial charge in [0.15, 0.2) is 11.4 Å². The standard InChI is InChI=1S/C27H19F3N4O5/c1-14-6-8-18-21(10-14)39-32-22(18)34-19-9-7-17(27(28,29)30)12-20(19)33(25(34)37)13-15-4-3-5-16(11-15)26(2)23(35)31-24(36)38-26/h3-12H,13H2,1-2H3,(H,31,35,36)/t26-/m1/s1. The van der Waals surface area contributed by atoms with Crippen molar-refractivity contribution in [2.75, 3.05) is 0 Å². The highest BCUT2D eigenvalue weighted by Crippen LogP contribution is 2.34. The van der Waals surface area contributed by atoms with Crippen molar-refractivity contribution in [1.29, 1.82) is 0 Å². The van der Waals surface area contributed by atoms with Crippen LogP contribution in [0.2, 0.25) is 0 Å². The average Bonchev–Trinajstić information content (AvgIpc) is 3.49. The van der Waals surface area contributed by atoms with Gasteiger partial charge in [0, 0.05) is 5.56 Å². The van der Waals surface area contributed by atoms with E-state index in [4.69, 9.17) is 9.26 Å². The number of aromatic nitrogens is 3. The molecule has 2 amide bonds. The van der Waals surface area contributed by atoms with E-state index in [1.807, 2.05) is 13.0 Å². The monoisotopic (exact) mass is 536 g/mol. The van der Waals surface area contributed by atoms with Gasteiger partial charge in [-0.05, 0) is 61.4 Å². The SMILES string of the molecule is Cc1ccc2c(-n3c(=O)n(Cc4cccc([C@@]5(C)OC(=O)NC5=O)c4)c4cc(C(F)(F)F)ccc43)noc2c1. The third-order valence-electron chi connectivity index (χ3n) is 6.84. The number of hydrogen-bond donors (Lipinski definition) is 1. The molecular weight excluding hydrogens is 517 g/mol. The van der Waals surface area contributed by atoms with E-state index in [0.29, 0.717) is 22.1 Å². The van der Waals surface area contributed by atoms with Crippen LogP contribution in [0.1, 0.15) is 29.2 Å². The second kappa shape index (κ2) is 8.32. The largest absolute Gasteiger partial charge is 0.428 e. The molecule has 1 atom stereocenters. The highest BCUT2D eigenvalue weighted by atomic mass is 19.4. The third-order valence-corrected chi connectivity index (χ3v) is 6.84. The number of imide groups is 1. The first-order chi connectivity index (χ1) is 18.5. The lowest BCUT2D eigenvalue weighted by Gasteiger charge is -2.20.